The van der Waals surface area contributed by atoms with Gasteiger partial charge in [-0.2, -0.15) is 5.26 Å². The molecule has 0 bridgehead atoms. The first-order chi connectivity index (χ1) is 12.8. The van der Waals surface area contributed by atoms with Crippen molar-refractivity contribution in [1.82, 2.24) is 9.97 Å². The third-order valence-corrected chi connectivity index (χ3v) is 5.73. The van der Waals surface area contributed by atoms with Crippen molar-refractivity contribution in [2.75, 3.05) is 6.26 Å². The van der Waals surface area contributed by atoms with Crippen molar-refractivity contribution in [1.29, 1.82) is 5.26 Å². The number of halogens is 1. The van der Waals surface area contributed by atoms with Gasteiger partial charge in [0.1, 0.15) is 11.6 Å². The molecule has 0 spiro atoms. The van der Waals surface area contributed by atoms with Crippen LogP contribution in [-0.2, 0) is 9.84 Å². The largest absolute Gasteiger partial charge is 0.353 e. The molecule has 0 amide bonds. The van der Waals surface area contributed by atoms with Crippen molar-refractivity contribution in [3.05, 3.63) is 63.4 Å². The van der Waals surface area contributed by atoms with Gasteiger partial charge in [-0.15, -0.1) is 0 Å². The summed E-state index contributed by atoms with van der Waals surface area (Å²) in [6, 6.07) is 13.3. The summed E-state index contributed by atoms with van der Waals surface area (Å²) in [5.74, 6) is 0. The number of benzene rings is 2. The minimum atomic E-state index is -3.44. The molecule has 2 heterocycles. The molecule has 0 radical (unpaired) electrons. The molecule has 6 nitrogen and oxygen atoms in total. The van der Waals surface area contributed by atoms with Crippen LogP contribution in [0.3, 0.4) is 0 Å². The first-order valence-corrected chi connectivity index (χ1v) is 10.1. The zero-order chi connectivity index (χ0) is 19.3. The number of nitriles is 1. The maximum atomic E-state index is 12.5. The number of pyridine rings is 1. The van der Waals surface area contributed by atoms with E-state index in [9.17, 15) is 18.5 Å². The van der Waals surface area contributed by atoms with E-state index in [2.05, 4.69) is 9.97 Å². The number of rotatable bonds is 2. The molecular weight excluding hydrogens is 386 g/mol. The van der Waals surface area contributed by atoms with Gasteiger partial charge >= 0.3 is 0 Å². The second-order valence-electron chi connectivity index (χ2n) is 6.18. The van der Waals surface area contributed by atoms with Crippen LogP contribution in [0, 0.1) is 11.3 Å². The van der Waals surface area contributed by atoms with Gasteiger partial charge in [0.15, 0.2) is 9.84 Å². The fourth-order valence-electron chi connectivity index (χ4n) is 3.17. The fourth-order valence-corrected chi connectivity index (χ4v) is 4.01. The SMILES string of the molecule is CS(=O)(=O)c1cccc(-c2c(C#N)c(=O)[nH]c3c2[nH]c2ccc(Cl)cc23)c1. The number of fused-ring (bicyclic) bond motifs is 3. The molecule has 0 aliphatic heterocycles. The molecule has 0 saturated heterocycles. The number of aromatic nitrogens is 2. The summed E-state index contributed by atoms with van der Waals surface area (Å²) in [5, 5.41) is 10.8. The van der Waals surface area contributed by atoms with E-state index in [1.807, 2.05) is 6.07 Å². The summed E-state index contributed by atoms with van der Waals surface area (Å²) in [6.45, 7) is 0. The summed E-state index contributed by atoms with van der Waals surface area (Å²) >= 11 is 6.08. The van der Waals surface area contributed by atoms with Crippen LogP contribution in [0.1, 0.15) is 5.56 Å². The van der Waals surface area contributed by atoms with Crippen molar-refractivity contribution in [3.8, 4) is 17.2 Å². The van der Waals surface area contributed by atoms with Gasteiger partial charge in [0.05, 0.1) is 15.9 Å². The highest BCUT2D eigenvalue weighted by Gasteiger charge is 2.19. The van der Waals surface area contributed by atoms with Gasteiger partial charge in [-0.1, -0.05) is 23.7 Å². The van der Waals surface area contributed by atoms with Gasteiger partial charge in [-0.25, -0.2) is 8.42 Å². The second-order valence-corrected chi connectivity index (χ2v) is 8.63. The summed E-state index contributed by atoms with van der Waals surface area (Å²) in [4.78, 5) is 18.6. The highest BCUT2D eigenvalue weighted by molar-refractivity contribution is 7.90. The molecule has 0 unspecified atom stereocenters. The van der Waals surface area contributed by atoms with Crippen molar-refractivity contribution in [2.45, 2.75) is 4.90 Å². The van der Waals surface area contributed by atoms with Gasteiger partial charge < -0.3 is 9.97 Å². The van der Waals surface area contributed by atoms with Crippen LogP contribution in [0.15, 0.2) is 52.2 Å². The standard InChI is InChI=1S/C19H12ClN3O3S/c1-27(25,26)12-4-2-3-10(7-12)16-14(9-21)19(24)23-17-13-8-11(20)5-6-15(13)22-18(16)17/h2-8,22H,1H3,(H,23,24). The highest BCUT2D eigenvalue weighted by Crippen LogP contribution is 2.34. The number of sulfone groups is 1. The van der Waals surface area contributed by atoms with E-state index < -0.39 is 15.4 Å². The Labute approximate surface area is 158 Å². The molecule has 0 atom stereocenters. The molecule has 0 fully saturated rings. The Morgan fingerprint density at radius 2 is 1.85 bits per heavy atom. The lowest BCUT2D eigenvalue weighted by atomic mass is 10.00. The number of hydrogen-bond acceptors (Lipinski definition) is 4. The maximum Gasteiger partial charge on any atom is 0.267 e. The molecule has 27 heavy (non-hydrogen) atoms. The van der Waals surface area contributed by atoms with Crippen molar-refractivity contribution < 1.29 is 8.42 Å². The van der Waals surface area contributed by atoms with E-state index in [-0.39, 0.29) is 10.5 Å². The van der Waals surface area contributed by atoms with Crippen LogP contribution in [0.4, 0.5) is 0 Å². The lowest BCUT2D eigenvalue weighted by Gasteiger charge is -2.08. The lowest BCUT2D eigenvalue weighted by molar-refractivity contribution is 0.602. The molecule has 2 aromatic heterocycles. The van der Waals surface area contributed by atoms with E-state index in [1.165, 1.54) is 12.1 Å². The molecule has 0 aliphatic carbocycles. The van der Waals surface area contributed by atoms with Crippen LogP contribution in [0.25, 0.3) is 33.1 Å². The molecule has 4 rings (SSSR count). The Hall–Kier alpha value is -3.08. The Balaban J connectivity index is 2.18. The van der Waals surface area contributed by atoms with E-state index in [1.54, 1.807) is 30.3 Å². The van der Waals surface area contributed by atoms with Crippen LogP contribution >= 0.6 is 11.6 Å². The number of nitrogens with zero attached hydrogens (tertiary/aromatic N) is 1. The normalized spacial score (nSPS) is 11.7. The maximum absolute atomic E-state index is 12.5. The average molecular weight is 398 g/mol. The van der Waals surface area contributed by atoms with Crippen molar-refractivity contribution >= 4 is 43.4 Å². The van der Waals surface area contributed by atoms with E-state index in [0.29, 0.717) is 32.6 Å². The Morgan fingerprint density at radius 3 is 2.56 bits per heavy atom. The smallest absolute Gasteiger partial charge is 0.267 e. The van der Waals surface area contributed by atoms with Gasteiger partial charge in [0.25, 0.3) is 5.56 Å². The van der Waals surface area contributed by atoms with Crippen LogP contribution in [0.2, 0.25) is 5.02 Å². The molecule has 2 N–H and O–H groups in total. The topological polar surface area (TPSA) is 107 Å². The van der Waals surface area contributed by atoms with Crippen LogP contribution < -0.4 is 5.56 Å². The molecule has 8 heteroatoms. The fraction of sp³-hybridized carbons (Fsp3) is 0.0526. The van der Waals surface area contributed by atoms with Crippen molar-refractivity contribution in [3.63, 3.8) is 0 Å². The van der Waals surface area contributed by atoms with Gasteiger partial charge in [-0.3, -0.25) is 4.79 Å². The van der Waals surface area contributed by atoms with Gasteiger partial charge in [-0.05, 0) is 35.9 Å². The first-order valence-electron chi connectivity index (χ1n) is 7.87. The first kappa shape index (κ1) is 17.3. The van der Waals surface area contributed by atoms with E-state index >= 15 is 0 Å². The predicted octanol–water partition coefficient (Wildman–Crippen LogP) is 3.60. The summed E-state index contributed by atoms with van der Waals surface area (Å²) in [7, 11) is -3.44. The van der Waals surface area contributed by atoms with E-state index in [4.69, 9.17) is 11.6 Å². The summed E-state index contributed by atoms with van der Waals surface area (Å²) < 4.78 is 23.8. The minimum Gasteiger partial charge on any atom is -0.353 e. The number of H-pyrrole nitrogens is 2. The van der Waals surface area contributed by atoms with Gasteiger partial charge in [0, 0.05) is 27.7 Å². The molecule has 134 valence electrons. The zero-order valence-electron chi connectivity index (χ0n) is 14.0. The zero-order valence-corrected chi connectivity index (χ0v) is 15.6. The predicted molar refractivity (Wildman–Crippen MR) is 105 cm³/mol. The third-order valence-electron chi connectivity index (χ3n) is 4.39. The number of aromatic amines is 2. The summed E-state index contributed by atoms with van der Waals surface area (Å²) in [6.07, 6.45) is 1.11. The number of nitrogens with one attached hydrogen (secondary N) is 2. The molecule has 4 aromatic rings. The summed E-state index contributed by atoms with van der Waals surface area (Å²) in [5.41, 5.74) is 1.96. The molecule has 0 aliphatic rings. The minimum absolute atomic E-state index is 0.0918. The van der Waals surface area contributed by atoms with Crippen LogP contribution in [0.5, 0.6) is 0 Å². The lowest BCUT2D eigenvalue weighted by Crippen LogP contribution is -2.12. The second kappa shape index (κ2) is 5.98. The number of hydrogen-bond donors (Lipinski definition) is 2. The van der Waals surface area contributed by atoms with Crippen LogP contribution in [-0.4, -0.2) is 24.6 Å². The Bertz CT molecular complexity index is 1440. The van der Waals surface area contributed by atoms with Crippen molar-refractivity contribution in [2.24, 2.45) is 0 Å². The monoisotopic (exact) mass is 397 g/mol. The van der Waals surface area contributed by atoms with Gasteiger partial charge in [0.2, 0.25) is 0 Å². The average Bonchev–Trinajstić information content (AvgIpc) is 2.97. The highest BCUT2D eigenvalue weighted by atomic mass is 35.5. The molecule has 0 saturated carbocycles. The molecule has 2 aromatic carbocycles. The Morgan fingerprint density at radius 1 is 1.07 bits per heavy atom. The quantitative estimate of drug-likeness (QED) is 0.538. The Kier molecular flexibility index (Phi) is 3.84. The molecular formula is C19H12ClN3O3S. The van der Waals surface area contributed by atoms with E-state index in [0.717, 1.165) is 11.8 Å². The third kappa shape index (κ3) is 2.79.